The molecule has 1 aliphatic rings. The molecule has 0 aliphatic heterocycles. The van der Waals surface area contributed by atoms with Crippen LogP contribution in [0, 0.1) is 0 Å². The molecule has 1 aliphatic carbocycles. The molecule has 0 spiro atoms. The fourth-order valence-corrected chi connectivity index (χ4v) is 4.62. The van der Waals surface area contributed by atoms with Gasteiger partial charge in [0.05, 0.1) is 16.1 Å². The van der Waals surface area contributed by atoms with Gasteiger partial charge in [-0.2, -0.15) is 13.2 Å². The highest BCUT2D eigenvalue weighted by Crippen LogP contribution is 2.35. The van der Waals surface area contributed by atoms with Gasteiger partial charge in [0.1, 0.15) is 5.75 Å². The number of para-hydroxylation sites is 1. The van der Waals surface area contributed by atoms with E-state index in [1.807, 2.05) is 4.72 Å². The number of halogens is 3. The summed E-state index contributed by atoms with van der Waals surface area (Å²) in [6.07, 6.45) is -0.272. The van der Waals surface area contributed by atoms with E-state index in [0.29, 0.717) is 0 Å². The molecule has 2 N–H and O–H groups in total. The Morgan fingerprint density at radius 2 is 1.66 bits per heavy atom. The predicted octanol–water partition coefficient (Wildman–Crippen LogP) is 4.72. The molecule has 174 valence electrons. The number of carbonyl (C=O) groups excluding carboxylic acids is 1. The van der Waals surface area contributed by atoms with E-state index in [4.69, 9.17) is 4.74 Å². The van der Waals surface area contributed by atoms with Crippen LogP contribution >= 0.6 is 0 Å². The zero-order valence-electron chi connectivity index (χ0n) is 17.5. The molecule has 1 fully saturated rings. The quantitative estimate of drug-likeness (QED) is 0.613. The minimum Gasteiger partial charge on any atom is -0.481 e. The highest BCUT2D eigenvalue weighted by atomic mass is 32.2. The number of hydrogen-bond acceptors (Lipinski definition) is 4. The molecule has 0 heterocycles. The Balaban J connectivity index is 1.65. The van der Waals surface area contributed by atoms with Gasteiger partial charge in [0, 0.05) is 6.04 Å². The number of hydrogen-bond donors (Lipinski definition) is 2. The van der Waals surface area contributed by atoms with Crippen molar-refractivity contribution in [2.24, 2.45) is 0 Å². The second kappa shape index (κ2) is 9.81. The Bertz CT molecular complexity index is 1030. The molecular weight excluding hydrogens is 445 g/mol. The van der Waals surface area contributed by atoms with E-state index in [9.17, 15) is 26.4 Å². The zero-order chi connectivity index (χ0) is 23.4. The van der Waals surface area contributed by atoms with E-state index in [-0.39, 0.29) is 22.6 Å². The first kappa shape index (κ1) is 23.9. The first-order chi connectivity index (χ1) is 15.1. The lowest BCUT2D eigenvalue weighted by Crippen LogP contribution is -2.43. The van der Waals surface area contributed by atoms with E-state index in [0.717, 1.165) is 37.8 Å². The standard InChI is InChI=1S/C22H25F3N2O4S/c1-15(21(28)26-16-7-3-2-4-8-16)31-17-11-13-18(14-12-17)32(29,30)27-20-10-6-5-9-19(20)22(23,24)25/h5-6,9-16,27H,2-4,7-8H2,1H3,(H,26,28)/t15-/m1/s1. The number of carbonyl (C=O) groups is 1. The first-order valence-electron chi connectivity index (χ1n) is 10.3. The minimum absolute atomic E-state index is 0.139. The van der Waals surface area contributed by atoms with Crippen LogP contribution in [-0.4, -0.2) is 26.5 Å². The molecule has 1 saturated carbocycles. The molecule has 1 atom stereocenters. The van der Waals surface area contributed by atoms with E-state index in [2.05, 4.69) is 5.32 Å². The topological polar surface area (TPSA) is 84.5 Å². The molecule has 0 bridgehead atoms. The van der Waals surface area contributed by atoms with Gasteiger partial charge in [-0.05, 0) is 56.2 Å². The second-order valence-electron chi connectivity index (χ2n) is 7.72. The van der Waals surface area contributed by atoms with Crippen molar-refractivity contribution in [3.63, 3.8) is 0 Å². The maximum absolute atomic E-state index is 13.1. The molecule has 6 nitrogen and oxygen atoms in total. The van der Waals surface area contributed by atoms with Crippen molar-refractivity contribution in [2.45, 2.75) is 62.2 Å². The molecule has 1 amide bonds. The average Bonchev–Trinajstić information content (AvgIpc) is 2.74. The van der Waals surface area contributed by atoms with Gasteiger partial charge < -0.3 is 10.1 Å². The third kappa shape index (κ3) is 6.15. The summed E-state index contributed by atoms with van der Waals surface area (Å²) in [7, 11) is -4.26. The highest BCUT2D eigenvalue weighted by Gasteiger charge is 2.34. The summed E-state index contributed by atoms with van der Waals surface area (Å²) in [6, 6.07) is 9.60. The molecule has 2 aromatic carbocycles. The molecular formula is C22H25F3N2O4S. The minimum atomic E-state index is -4.70. The average molecular weight is 471 g/mol. The summed E-state index contributed by atoms with van der Waals surface area (Å²) in [4.78, 5) is 12.1. The molecule has 32 heavy (non-hydrogen) atoms. The van der Waals surface area contributed by atoms with Crippen LogP contribution in [-0.2, 0) is 21.0 Å². The van der Waals surface area contributed by atoms with Gasteiger partial charge in [0.15, 0.2) is 6.10 Å². The number of benzene rings is 2. The number of anilines is 1. The second-order valence-corrected chi connectivity index (χ2v) is 9.41. The molecule has 3 rings (SSSR count). The van der Waals surface area contributed by atoms with Gasteiger partial charge in [-0.3, -0.25) is 9.52 Å². The number of rotatable bonds is 7. The third-order valence-corrected chi connectivity index (χ3v) is 6.63. The summed E-state index contributed by atoms with van der Waals surface area (Å²) < 4.78 is 72.1. The van der Waals surface area contributed by atoms with Crippen molar-refractivity contribution in [2.75, 3.05) is 4.72 Å². The van der Waals surface area contributed by atoms with Crippen molar-refractivity contribution in [1.29, 1.82) is 0 Å². The van der Waals surface area contributed by atoms with E-state index < -0.39 is 33.6 Å². The number of nitrogens with one attached hydrogen (secondary N) is 2. The Morgan fingerprint density at radius 1 is 1.03 bits per heavy atom. The Morgan fingerprint density at radius 3 is 2.28 bits per heavy atom. The van der Waals surface area contributed by atoms with Crippen molar-refractivity contribution in [3.8, 4) is 5.75 Å². The predicted molar refractivity (Wildman–Crippen MR) is 114 cm³/mol. The molecule has 2 aromatic rings. The van der Waals surface area contributed by atoms with Crippen LogP contribution in [0.2, 0.25) is 0 Å². The third-order valence-electron chi connectivity index (χ3n) is 5.24. The van der Waals surface area contributed by atoms with E-state index in [1.54, 1.807) is 6.92 Å². The smallest absolute Gasteiger partial charge is 0.418 e. The highest BCUT2D eigenvalue weighted by molar-refractivity contribution is 7.92. The monoisotopic (exact) mass is 470 g/mol. The Kier molecular flexibility index (Phi) is 7.33. The van der Waals surface area contributed by atoms with Crippen LogP contribution in [0.4, 0.5) is 18.9 Å². The van der Waals surface area contributed by atoms with Crippen LogP contribution in [0.1, 0.15) is 44.6 Å². The molecule has 0 saturated heterocycles. The Hall–Kier alpha value is -2.75. The van der Waals surface area contributed by atoms with Crippen molar-refractivity contribution in [1.82, 2.24) is 5.32 Å². The number of alkyl halides is 3. The normalized spacial score (nSPS) is 16.2. The maximum Gasteiger partial charge on any atom is 0.418 e. The number of amides is 1. The summed E-state index contributed by atoms with van der Waals surface area (Å²) in [5, 5.41) is 2.96. The summed E-state index contributed by atoms with van der Waals surface area (Å²) >= 11 is 0. The van der Waals surface area contributed by atoms with Crippen LogP contribution in [0.5, 0.6) is 5.75 Å². The summed E-state index contributed by atoms with van der Waals surface area (Å²) in [5.41, 5.74) is -1.64. The van der Waals surface area contributed by atoms with Gasteiger partial charge in [-0.1, -0.05) is 31.4 Å². The number of ether oxygens (including phenoxy) is 1. The molecule has 0 radical (unpaired) electrons. The van der Waals surface area contributed by atoms with Crippen LogP contribution in [0.3, 0.4) is 0 Å². The lowest BCUT2D eigenvalue weighted by Gasteiger charge is -2.24. The van der Waals surface area contributed by atoms with Crippen LogP contribution in [0.25, 0.3) is 0 Å². The van der Waals surface area contributed by atoms with Crippen molar-refractivity contribution in [3.05, 3.63) is 54.1 Å². The van der Waals surface area contributed by atoms with Gasteiger partial charge >= 0.3 is 6.18 Å². The van der Waals surface area contributed by atoms with E-state index in [1.165, 1.54) is 42.8 Å². The Labute approximate surface area is 185 Å². The van der Waals surface area contributed by atoms with Gasteiger partial charge in [-0.15, -0.1) is 0 Å². The zero-order valence-corrected chi connectivity index (χ0v) is 18.3. The van der Waals surface area contributed by atoms with Crippen LogP contribution < -0.4 is 14.8 Å². The van der Waals surface area contributed by atoms with E-state index >= 15 is 0 Å². The van der Waals surface area contributed by atoms with Crippen molar-refractivity contribution >= 4 is 21.6 Å². The largest absolute Gasteiger partial charge is 0.481 e. The van der Waals surface area contributed by atoms with Crippen LogP contribution in [0.15, 0.2) is 53.4 Å². The maximum atomic E-state index is 13.1. The fourth-order valence-electron chi connectivity index (χ4n) is 3.54. The summed E-state index contributed by atoms with van der Waals surface area (Å²) in [5.74, 6) is 0.0185. The SMILES string of the molecule is C[C@@H](Oc1ccc(S(=O)(=O)Nc2ccccc2C(F)(F)F)cc1)C(=O)NC1CCCCC1. The lowest BCUT2D eigenvalue weighted by atomic mass is 9.95. The van der Waals surface area contributed by atoms with Gasteiger partial charge in [0.2, 0.25) is 0 Å². The lowest BCUT2D eigenvalue weighted by molar-refractivity contribution is -0.137. The molecule has 0 unspecified atom stereocenters. The molecule has 10 heteroatoms. The van der Waals surface area contributed by atoms with Crippen molar-refractivity contribution < 1.29 is 31.1 Å². The fraction of sp³-hybridized carbons (Fsp3) is 0.409. The molecule has 0 aromatic heterocycles. The first-order valence-corrected chi connectivity index (χ1v) is 11.8. The number of sulfonamides is 1. The van der Waals surface area contributed by atoms with Gasteiger partial charge in [0.25, 0.3) is 15.9 Å². The van der Waals surface area contributed by atoms with Gasteiger partial charge in [-0.25, -0.2) is 8.42 Å². The summed E-state index contributed by atoms with van der Waals surface area (Å²) in [6.45, 7) is 1.60.